The quantitative estimate of drug-likeness (QED) is 0.0321. The van der Waals surface area contributed by atoms with E-state index in [1.807, 2.05) is 0 Å². The zero-order valence-electron chi connectivity index (χ0n) is 44.1. The van der Waals surface area contributed by atoms with Crippen LogP contribution in [0.1, 0.15) is 297 Å². The number of aliphatic hydroxyl groups excluding tert-OH is 2. The Kier molecular flexibility index (Phi) is 52.0. The van der Waals surface area contributed by atoms with Gasteiger partial charge in [-0.3, -0.25) is 9.59 Å². The second-order valence-corrected chi connectivity index (χ2v) is 19.7. The maximum absolute atomic E-state index is 13.3. The number of ether oxygens (including phenoxy) is 1. The summed E-state index contributed by atoms with van der Waals surface area (Å²) in [5.41, 5.74) is 0. The summed E-state index contributed by atoms with van der Waals surface area (Å²) in [5.74, 6) is -0.495. The monoisotopic (exact) mass is 926 g/mol. The lowest BCUT2D eigenvalue weighted by atomic mass is 10.0. The van der Waals surface area contributed by atoms with Crippen LogP contribution in [0.25, 0.3) is 0 Å². The molecule has 0 fully saturated rings. The smallest absolute Gasteiger partial charge is 0.306 e. The Morgan fingerprint density at radius 1 is 0.439 bits per heavy atom. The maximum atomic E-state index is 13.3. The average molecular weight is 927 g/mol. The van der Waals surface area contributed by atoms with Crippen LogP contribution in [0.15, 0.2) is 48.6 Å². The molecular formula is C60H111NO5. The van der Waals surface area contributed by atoms with Gasteiger partial charge in [0.2, 0.25) is 5.91 Å². The maximum Gasteiger partial charge on any atom is 0.306 e. The molecule has 0 saturated carbocycles. The second-order valence-electron chi connectivity index (χ2n) is 19.7. The standard InChI is InChI=1S/C60H111NO5/c1-4-7-10-13-16-19-22-25-28-30-31-33-36-39-42-45-48-51-56(66-60(65)53-50-47-44-41-38-35-32-29-26-23-20-17-14-11-8-5-2)54-59(64)61-57(55-62)58(63)52-49-46-43-40-37-34-27-24-21-18-15-12-9-6-3/h16,19,25,28-29,31-33,56-58,62-63H,4-15,17-18,20-24,26-27,30,34-55H2,1-3H3,(H,61,64)/b19-16-,28-25-,32-29+,33-31-. The van der Waals surface area contributed by atoms with Gasteiger partial charge in [-0.15, -0.1) is 0 Å². The minimum absolute atomic E-state index is 0.0607. The van der Waals surface area contributed by atoms with Crippen molar-refractivity contribution in [3.8, 4) is 0 Å². The van der Waals surface area contributed by atoms with Gasteiger partial charge < -0.3 is 20.3 Å². The normalized spacial score (nSPS) is 13.5. The van der Waals surface area contributed by atoms with Crippen molar-refractivity contribution in [1.29, 1.82) is 0 Å². The van der Waals surface area contributed by atoms with Gasteiger partial charge in [0.05, 0.1) is 25.2 Å². The summed E-state index contributed by atoms with van der Waals surface area (Å²) in [6.07, 6.45) is 66.0. The molecule has 6 nitrogen and oxygen atoms in total. The number of carbonyl (C=O) groups excluding carboxylic acids is 2. The summed E-state index contributed by atoms with van der Waals surface area (Å²) < 4.78 is 5.95. The summed E-state index contributed by atoms with van der Waals surface area (Å²) in [5, 5.41) is 23.9. The number of hydrogen-bond acceptors (Lipinski definition) is 5. The summed E-state index contributed by atoms with van der Waals surface area (Å²) in [4.78, 5) is 26.3. The third kappa shape index (κ3) is 48.3. The van der Waals surface area contributed by atoms with Crippen molar-refractivity contribution in [1.82, 2.24) is 5.32 Å². The fourth-order valence-electron chi connectivity index (χ4n) is 8.73. The Balaban J connectivity index is 4.62. The Hall–Kier alpha value is -2.18. The minimum atomic E-state index is -0.796. The van der Waals surface area contributed by atoms with Crippen LogP contribution in [-0.4, -0.2) is 46.9 Å². The first-order valence-electron chi connectivity index (χ1n) is 28.9. The summed E-state index contributed by atoms with van der Waals surface area (Å²) >= 11 is 0. The first kappa shape index (κ1) is 63.8. The van der Waals surface area contributed by atoms with Gasteiger partial charge in [-0.2, -0.15) is 0 Å². The summed E-state index contributed by atoms with van der Waals surface area (Å²) in [6.45, 7) is 6.47. The lowest BCUT2D eigenvalue weighted by molar-refractivity contribution is -0.151. The van der Waals surface area contributed by atoms with Gasteiger partial charge in [0.25, 0.3) is 0 Å². The Labute approximate surface area is 410 Å². The van der Waals surface area contributed by atoms with Crippen molar-refractivity contribution >= 4 is 11.9 Å². The molecule has 0 saturated heterocycles. The van der Waals surface area contributed by atoms with Crippen molar-refractivity contribution in [2.24, 2.45) is 0 Å². The van der Waals surface area contributed by atoms with Gasteiger partial charge in [-0.05, 0) is 89.9 Å². The van der Waals surface area contributed by atoms with Crippen molar-refractivity contribution in [2.75, 3.05) is 6.61 Å². The summed E-state index contributed by atoms with van der Waals surface area (Å²) in [7, 11) is 0. The highest BCUT2D eigenvalue weighted by atomic mass is 16.5. The van der Waals surface area contributed by atoms with Gasteiger partial charge in [0.15, 0.2) is 0 Å². The van der Waals surface area contributed by atoms with Crippen molar-refractivity contribution in [2.45, 2.75) is 315 Å². The molecule has 3 unspecified atom stereocenters. The first-order valence-corrected chi connectivity index (χ1v) is 28.9. The van der Waals surface area contributed by atoms with Crippen molar-refractivity contribution in [3.05, 3.63) is 48.6 Å². The highest BCUT2D eigenvalue weighted by molar-refractivity contribution is 5.77. The molecule has 1 amide bonds. The van der Waals surface area contributed by atoms with Gasteiger partial charge in [0.1, 0.15) is 6.10 Å². The van der Waals surface area contributed by atoms with Crippen LogP contribution in [0.2, 0.25) is 0 Å². The molecule has 3 N–H and O–H groups in total. The zero-order chi connectivity index (χ0) is 48.1. The van der Waals surface area contributed by atoms with Crippen LogP contribution in [0.3, 0.4) is 0 Å². The Morgan fingerprint density at radius 3 is 1.21 bits per heavy atom. The third-order valence-electron chi connectivity index (χ3n) is 13.1. The summed E-state index contributed by atoms with van der Waals surface area (Å²) in [6, 6.07) is -0.711. The van der Waals surface area contributed by atoms with Gasteiger partial charge in [0, 0.05) is 6.42 Å². The molecular weight excluding hydrogens is 815 g/mol. The molecule has 0 aromatic rings. The van der Waals surface area contributed by atoms with Gasteiger partial charge in [-0.1, -0.05) is 243 Å². The van der Waals surface area contributed by atoms with Gasteiger partial charge >= 0.3 is 5.97 Å². The topological polar surface area (TPSA) is 95.9 Å². The molecule has 6 heteroatoms. The largest absolute Gasteiger partial charge is 0.462 e. The van der Waals surface area contributed by atoms with Crippen LogP contribution in [0.5, 0.6) is 0 Å². The van der Waals surface area contributed by atoms with Gasteiger partial charge in [-0.25, -0.2) is 0 Å². The highest BCUT2D eigenvalue weighted by Gasteiger charge is 2.24. The highest BCUT2D eigenvalue weighted by Crippen LogP contribution is 2.18. The number of esters is 1. The predicted octanol–water partition coefficient (Wildman–Crippen LogP) is 17.8. The minimum Gasteiger partial charge on any atom is -0.462 e. The van der Waals surface area contributed by atoms with E-state index in [9.17, 15) is 19.8 Å². The van der Waals surface area contributed by atoms with E-state index in [2.05, 4.69) is 74.7 Å². The molecule has 0 aliphatic heterocycles. The van der Waals surface area contributed by atoms with E-state index in [-0.39, 0.29) is 24.9 Å². The predicted molar refractivity (Wildman–Crippen MR) is 287 cm³/mol. The fourth-order valence-corrected chi connectivity index (χ4v) is 8.73. The van der Waals surface area contributed by atoms with E-state index in [4.69, 9.17) is 4.74 Å². The van der Waals surface area contributed by atoms with E-state index in [0.717, 1.165) is 89.9 Å². The first-order chi connectivity index (χ1) is 32.5. The molecule has 0 bridgehead atoms. The van der Waals surface area contributed by atoms with E-state index in [1.54, 1.807) is 0 Å². The molecule has 0 radical (unpaired) electrons. The van der Waals surface area contributed by atoms with E-state index >= 15 is 0 Å². The number of nitrogens with one attached hydrogen (secondary N) is 1. The Bertz CT molecular complexity index is 1130. The van der Waals surface area contributed by atoms with Crippen LogP contribution < -0.4 is 5.32 Å². The Morgan fingerprint density at radius 2 is 0.773 bits per heavy atom. The van der Waals surface area contributed by atoms with Crippen LogP contribution >= 0.6 is 0 Å². The molecule has 66 heavy (non-hydrogen) atoms. The molecule has 0 heterocycles. The van der Waals surface area contributed by atoms with E-state index < -0.39 is 18.2 Å². The van der Waals surface area contributed by atoms with Crippen LogP contribution in [0, 0.1) is 0 Å². The fraction of sp³-hybridized carbons (Fsp3) is 0.833. The molecule has 3 atom stereocenters. The van der Waals surface area contributed by atoms with Crippen LogP contribution in [0.4, 0.5) is 0 Å². The molecule has 0 spiro atoms. The molecule has 386 valence electrons. The number of aliphatic hydroxyl groups is 2. The number of rotatable bonds is 52. The lowest BCUT2D eigenvalue weighted by Crippen LogP contribution is -2.46. The lowest BCUT2D eigenvalue weighted by Gasteiger charge is -2.24. The second kappa shape index (κ2) is 53.8. The number of hydrogen-bond donors (Lipinski definition) is 3. The van der Waals surface area contributed by atoms with E-state index in [0.29, 0.717) is 19.3 Å². The average Bonchev–Trinajstić information content (AvgIpc) is 3.31. The third-order valence-corrected chi connectivity index (χ3v) is 13.1. The van der Waals surface area contributed by atoms with Crippen LogP contribution in [-0.2, 0) is 14.3 Å². The van der Waals surface area contributed by atoms with Crippen molar-refractivity contribution < 1.29 is 24.5 Å². The molecule has 0 aliphatic rings. The molecule has 0 aromatic heterocycles. The zero-order valence-corrected chi connectivity index (χ0v) is 44.1. The SMILES string of the molecule is CCCCC/C=C\C/C=C\C/C=C\CCCCCCC(CC(=O)NC(CO)C(O)CCCCCCCCCCCCCCCC)OC(=O)CCCCCCC/C=C/CCCCCCCCC. The number of unbranched alkanes of at least 4 members (excludes halogenated alkanes) is 32. The molecule has 0 rings (SSSR count). The number of amides is 1. The van der Waals surface area contributed by atoms with Crippen molar-refractivity contribution in [3.63, 3.8) is 0 Å². The molecule has 0 aromatic carbocycles. The molecule has 0 aliphatic carbocycles. The number of carbonyl (C=O) groups is 2. The van der Waals surface area contributed by atoms with E-state index in [1.165, 1.54) is 161 Å². The number of allylic oxidation sites excluding steroid dienone is 8.